The Hall–Kier alpha value is -1.95. The maximum Gasteiger partial charge on any atom is 0.274 e. The zero-order valence-electron chi connectivity index (χ0n) is 11.4. The van der Waals surface area contributed by atoms with Crippen LogP contribution in [0.4, 0.5) is 4.39 Å². The Labute approximate surface area is 116 Å². The Balaban J connectivity index is 1.79. The first kappa shape index (κ1) is 13.1. The fourth-order valence-corrected chi connectivity index (χ4v) is 2.50. The molecule has 5 nitrogen and oxygen atoms in total. The second-order valence-corrected chi connectivity index (χ2v) is 4.97. The lowest BCUT2D eigenvalue weighted by atomic mass is 10.3. The third kappa shape index (κ3) is 2.38. The average molecular weight is 276 g/mol. The zero-order chi connectivity index (χ0) is 14.1. The van der Waals surface area contributed by atoms with Gasteiger partial charge in [-0.1, -0.05) is 6.92 Å². The van der Waals surface area contributed by atoms with E-state index < -0.39 is 0 Å². The highest BCUT2D eigenvalue weighted by atomic mass is 19.1. The molecule has 20 heavy (non-hydrogen) atoms. The minimum atomic E-state index is -0.342. The lowest BCUT2D eigenvalue weighted by Gasteiger charge is -2.33. The van der Waals surface area contributed by atoms with Crippen molar-refractivity contribution in [1.82, 2.24) is 19.2 Å². The van der Waals surface area contributed by atoms with Crippen molar-refractivity contribution in [3.8, 4) is 0 Å². The first-order valence-electron chi connectivity index (χ1n) is 6.83. The molecule has 0 bridgehead atoms. The van der Waals surface area contributed by atoms with E-state index in [0.29, 0.717) is 11.3 Å². The van der Waals surface area contributed by atoms with Crippen LogP contribution in [0.5, 0.6) is 0 Å². The van der Waals surface area contributed by atoms with Gasteiger partial charge in [-0.05, 0) is 18.7 Å². The highest BCUT2D eigenvalue weighted by Crippen LogP contribution is 2.11. The van der Waals surface area contributed by atoms with Gasteiger partial charge < -0.3 is 14.2 Å². The smallest absolute Gasteiger partial charge is 0.274 e. The molecule has 6 heteroatoms. The van der Waals surface area contributed by atoms with Gasteiger partial charge in [0.15, 0.2) is 0 Å². The monoisotopic (exact) mass is 276 g/mol. The second-order valence-electron chi connectivity index (χ2n) is 4.97. The van der Waals surface area contributed by atoms with Crippen LogP contribution in [0.1, 0.15) is 17.4 Å². The van der Waals surface area contributed by atoms with Gasteiger partial charge in [-0.15, -0.1) is 0 Å². The molecule has 0 radical (unpaired) electrons. The van der Waals surface area contributed by atoms with Crippen LogP contribution in [0.3, 0.4) is 0 Å². The number of hydrogen-bond donors (Lipinski definition) is 0. The molecule has 1 aliphatic rings. The van der Waals surface area contributed by atoms with E-state index in [2.05, 4.69) is 16.8 Å². The number of halogens is 1. The van der Waals surface area contributed by atoms with Gasteiger partial charge in [0, 0.05) is 38.6 Å². The molecule has 0 aliphatic carbocycles. The molecule has 2 aromatic rings. The number of amides is 1. The van der Waals surface area contributed by atoms with Gasteiger partial charge in [0.2, 0.25) is 0 Å². The zero-order valence-corrected chi connectivity index (χ0v) is 11.4. The summed E-state index contributed by atoms with van der Waals surface area (Å²) in [6.07, 6.45) is 2.92. The number of imidazole rings is 1. The predicted octanol–water partition coefficient (Wildman–Crippen LogP) is 1.25. The van der Waals surface area contributed by atoms with Crippen LogP contribution in [0.15, 0.2) is 24.5 Å². The molecule has 0 atom stereocenters. The highest BCUT2D eigenvalue weighted by Gasteiger charge is 2.23. The summed E-state index contributed by atoms with van der Waals surface area (Å²) in [4.78, 5) is 20.8. The Bertz CT molecular complexity index is 631. The molecule has 3 rings (SSSR count). The second kappa shape index (κ2) is 5.20. The summed E-state index contributed by atoms with van der Waals surface area (Å²) in [6, 6.07) is 2.91. The van der Waals surface area contributed by atoms with Gasteiger partial charge in [0.05, 0.1) is 0 Å². The van der Waals surface area contributed by atoms with Gasteiger partial charge in [0.1, 0.15) is 17.2 Å². The highest BCUT2D eigenvalue weighted by molar-refractivity contribution is 5.93. The van der Waals surface area contributed by atoms with Crippen LogP contribution in [0.25, 0.3) is 5.65 Å². The number of piperazine rings is 1. The third-order valence-electron chi connectivity index (χ3n) is 3.74. The van der Waals surface area contributed by atoms with Crippen LogP contribution in [-0.4, -0.2) is 57.8 Å². The molecule has 1 amide bonds. The summed E-state index contributed by atoms with van der Waals surface area (Å²) >= 11 is 0. The van der Waals surface area contributed by atoms with Crippen molar-refractivity contribution in [3.05, 3.63) is 36.0 Å². The van der Waals surface area contributed by atoms with Gasteiger partial charge >= 0.3 is 0 Å². The molecule has 3 heterocycles. The van der Waals surface area contributed by atoms with Crippen molar-refractivity contribution in [2.75, 3.05) is 32.7 Å². The quantitative estimate of drug-likeness (QED) is 0.829. The first-order valence-corrected chi connectivity index (χ1v) is 6.83. The van der Waals surface area contributed by atoms with E-state index in [9.17, 15) is 9.18 Å². The summed E-state index contributed by atoms with van der Waals surface area (Å²) < 4.78 is 14.7. The molecular formula is C14H17FN4O. The number of aromatic nitrogens is 2. The largest absolute Gasteiger partial charge is 0.335 e. The molecule has 2 aromatic heterocycles. The standard InChI is InChI=1S/C14H17FN4O/c1-2-17-5-7-18(8-6-17)14(20)12-10-19-9-11(15)3-4-13(19)16-12/h3-4,9-10H,2,5-8H2,1H3. The van der Waals surface area contributed by atoms with E-state index in [1.807, 2.05) is 4.90 Å². The molecule has 0 aromatic carbocycles. The summed E-state index contributed by atoms with van der Waals surface area (Å²) in [5, 5.41) is 0. The summed E-state index contributed by atoms with van der Waals surface area (Å²) in [6.45, 7) is 6.35. The number of fused-ring (bicyclic) bond motifs is 1. The fraction of sp³-hybridized carbons (Fsp3) is 0.429. The van der Waals surface area contributed by atoms with Gasteiger partial charge in [-0.25, -0.2) is 9.37 Å². The van der Waals surface area contributed by atoms with Crippen molar-refractivity contribution >= 4 is 11.6 Å². The summed E-state index contributed by atoms with van der Waals surface area (Å²) in [7, 11) is 0. The topological polar surface area (TPSA) is 40.9 Å². The predicted molar refractivity (Wildman–Crippen MR) is 73.2 cm³/mol. The molecular weight excluding hydrogens is 259 g/mol. The van der Waals surface area contributed by atoms with Gasteiger partial charge in [0.25, 0.3) is 5.91 Å². The molecule has 0 spiro atoms. The number of rotatable bonds is 2. The molecule has 1 saturated heterocycles. The minimum absolute atomic E-state index is 0.0788. The van der Waals surface area contributed by atoms with E-state index in [1.54, 1.807) is 16.7 Å². The number of carbonyl (C=O) groups excluding carboxylic acids is 1. The number of nitrogens with zero attached hydrogens (tertiary/aromatic N) is 4. The minimum Gasteiger partial charge on any atom is -0.335 e. The van der Waals surface area contributed by atoms with E-state index >= 15 is 0 Å². The number of hydrogen-bond acceptors (Lipinski definition) is 3. The fourth-order valence-electron chi connectivity index (χ4n) is 2.50. The average Bonchev–Trinajstić information content (AvgIpc) is 2.89. The lowest BCUT2D eigenvalue weighted by molar-refractivity contribution is 0.0638. The van der Waals surface area contributed by atoms with Crippen LogP contribution in [0, 0.1) is 5.82 Å². The van der Waals surface area contributed by atoms with Crippen LogP contribution >= 0.6 is 0 Å². The summed E-state index contributed by atoms with van der Waals surface area (Å²) in [5.41, 5.74) is 0.961. The van der Waals surface area contributed by atoms with Crippen LogP contribution in [-0.2, 0) is 0 Å². The maximum atomic E-state index is 13.1. The molecule has 0 N–H and O–H groups in total. The van der Waals surface area contributed by atoms with Gasteiger partial charge in [-0.3, -0.25) is 4.79 Å². The third-order valence-corrected chi connectivity index (χ3v) is 3.74. The van der Waals surface area contributed by atoms with E-state index in [1.165, 1.54) is 12.3 Å². The van der Waals surface area contributed by atoms with Crippen LogP contribution < -0.4 is 0 Å². The number of pyridine rings is 1. The molecule has 0 unspecified atom stereocenters. The van der Waals surface area contributed by atoms with Crippen molar-refractivity contribution in [2.45, 2.75) is 6.92 Å². The Morgan fingerprint density at radius 1 is 1.25 bits per heavy atom. The Kier molecular flexibility index (Phi) is 3.40. The SMILES string of the molecule is CCN1CCN(C(=O)c2cn3cc(F)ccc3n2)CC1. The van der Waals surface area contributed by atoms with Crippen molar-refractivity contribution < 1.29 is 9.18 Å². The molecule has 106 valence electrons. The van der Waals surface area contributed by atoms with E-state index in [-0.39, 0.29) is 11.7 Å². The van der Waals surface area contributed by atoms with Crippen molar-refractivity contribution in [2.24, 2.45) is 0 Å². The van der Waals surface area contributed by atoms with E-state index in [4.69, 9.17) is 0 Å². The van der Waals surface area contributed by atoms with Crippen LogP contribution in [0.2, 0.25) is 0 Å². The Morgan fingerprint density at radius 2 is 2.00 bits per heavy atom. The normalized spacial score (nSPS) is 16.8. The molecule has 1 aliphatic heterocycles. The van der Waals surface area contributed by atoms with Crippen molar-refractivity contribution in [1.29, 1.82) is 0 Å². The first-order chi connectivity index (χ1) is 9.67. The summed E-state index contributed by atoms with van der Waals surface area (Å²) in [5.74, 6) is -0.421. The Morgan fingerprint density at radius 3 is 2.70 bits per heavy atom. The lowest BCUT2D eigenvalue weighted by Crippen LogP contribution is -2.48. The van der Waals surface area contributed by atoms with Crippen molar-refractivity contribution in [3.63, 3.8) is 0 Å². The van der Waals surface area contributed by atoms with E-state index in [0.717, 1.165) is 32.7 Å². The molecule has 0 saturated carbocycles. The maximum absolute atomic E-state index is 13.1. The molecule has 1 fully saturated rings. The van der Waals surface area contributed by atoms with Gasteiger partial charge in [-0.2, -0.15) is 0 Å². The number of likely N-dealkylation sites (N-methyl/N-ethyl adjacent to an activating group) is 1. The number of carbonyl (C=O) groups is 1.